The van der Waals surface area contributed by atoms with Crippen molar-refractivity contribution in [3.63, 3.8) is 0 Å². The first-order valence-electron chi connectivity index (χ1n) is 6.34. The molecule has 1 atom stereocenters. The highest BCUT2D eigenvalue weighted by atomic mass is 19.1. The summed E-state index contributed by atoms with van der Waals surface area (Å²) in [6, 6.07) is 5.90. The first-order chi connectivity index (χ1) is 9.10. The Morgan fingerprint density at radius 1 is 1.47 bits per heavy atom. The van der Waals surface area contributed by atoms with Gasteiger partial charge >= 0.3 is 0 Å². The summed E-state index contributed by atoms with van der Waals surface area (Å²) in [6.07, 6.45) is 0.983. The lowest BCUT2D eigenvalue weighted by Crippen LogP contribution is -2.32. The molecular weight excluding hydrogens is 247 g/mol. The van der Waals surface area contributed by atoms with Crippen molar-refractivity contribution in [2.75, 3.05) is 6.54 Å². The quantitative estimate of drug-likeness (QED) is 0.775. The molecule has 1 heterocycles. The molecule has 5 heteroatoms. The maximum absolute atomic E-state index is 13.0. The van der Waals surface area contributed by atoms with Gasteiger partial charge in [-0.2, -0.15) is 0 Å². The average molecular weight is 264 g/mol. The first-order valence-corrected chi connectivity index (χ1v) is 6.34. The number of rotatable bonds is 5. The Morgan fingerprint density at radius 2 is 2.26 bits per heavy atom. The van der Waals surface area contributed by atoms with Gasteiger partial charge in [-0.15, -0.1) is 0 Å². The lowest BCUT2D eigenvalue weighted by molar-refractivity contribution is 0.0906. The summed E-state index contributed by atoms with van der Waals surface area (Å²) in [6.45, 7) is 2.19. The molecular formula is C14H17FN2O2. The number of benzene rings is 1. The van der Waals surface area contributed by atoms with Crippen molar-refractivity contribution in [3.05, 3.63) is 35.8 Å². The second kappa shape index (κ2) is 5.84. The van der Waals surface area contributed by atoms with Crippen molar-refractivity contribution in [2.45, 2.75) is 25.9 Å². The van der Waals surface area contributed by atoms with Crippen LogP contribution in [-0.4, -0.2) is 28.6 Å². The Morgan fingerprint density at radius 3 is 3.00 bits per heavy atom. The zero-order valence-electron chi connectivity index (χ0n) is 10.7. The molecule has 3 N–H and O–H groups in total. The Kier molecular flexibility index (Phi) is 4.16. The van der Waals surface area contributed by atoms with E-state index in [-0.39, 0.29) is 18.3 Å². The molecule has 0 aliphatic rings. The van der Waals surface area contributed by atoms with Crippen molar-refractivity contribution < 1.29 is 14.3 Å². The van der Waals surface area contributed by atoms with Crippen LogP contribution in [0.15, 0.2) is 24.3 Å². The summed E-state index contributed by atoms with van der Waals surface area (Å²) in [5, 5.41) is 12.8. The van der Waals surface area contributed by atoms with E-state index in [1.54, 1.807) is 12.1 Å². The van der Waals surface area contributed by atoms with Gasteiger partial charge in [0.1, 0.15) is 11.5 Å². The van der Waals surface area contributed by atoms with E-state index in [0.717, 1.165) is 6.42 Å². The Balaban J connectivity index is 2.05. The number of fused-ring (bicyclic) bond motifs is 1. The molecule has 1 unspecified atom stereocenters. The number of aliphatic hydroxyl groups is 1. The smallest absolute Gasteiger partial charge is 0.267 e. The monoisotopic (exact) mass is 264 g/mol. The fourth-order valence-electron chi connectivity index (χ4n) is 1.97. The van der Waals surface area contributed by atoms with Gasteiger partial charge in [0.05, 0.1) is 6.10 Å². The Bertz CT molecular complexity index is 580. The molecule has 0 saturated heterocycles. The van der Waals surface area contributed by atoms with E-state index >= 15 is 0 Å². The normalized spacial score (nSPS) is 12.6. The number of aliphatic hydroxyl groups excluding tert-OH is 1. The predicted molar refractivity (Wildman–Crippen MR) is 71.5 cm³/mol. The number of aromatic nitrogens is 1. The zero-order chi connectivity index (χ0) is 13.8. The Hall–Kier alpha value is -1.88. The highest BCUT2D eigenvalue weighted by molar-refractivity contribution is 5.97. The largest absolute Gasteiger partial charge is 0.391 e. The van der Waals surface area contributed by atoms with Crippen molar-refractivity contribution in [1.82, 2.24) is 10.3 Å². The third-order valence-electron chi connectivity index (χ3n) is 2.95. The maximum Gasteiger partial charge on any atom is 0.267 e. The predicted octanol–water partition coefficient (Wildman–Crippen LogP) is 2.20. The van der Waals surface area contributed by atoms with Gasteiger partial charge in [0.25, 0.3) is 5.91 Å². The molecule has 19 heavy (non-hydrogen) atoms. The average Bonchev–Trinajstić information content (AvgIpc) is 2.79. The second-order valence-corrected chi connectivity index (χ2v) is 4.57. The molecule has 4 nitrogen and oxygen atoms in total. The van der Waals surface area contributed by atoms with E-state index in [9.17, 15) is 14.3 Å². The molecule has 0 fully saturated rings. The van der Waals surface area contributed by atoms with Gasteiger partial charge in [-0.25, -0.2) is 4.39 Å². The lowest BCUT2D eigenvalue weighted by Gasteiger charge is -2.09. The van der Waals surface area contributed by atoms with Crippen molar-refractivity contribution in [2.24, 2.45) is 0 Å². The molecule has 1 amide bonds. The van der Waals surface area contributed by atoms with Gasteiger partial charge in [0.2, 0.25) is 0 Å². The Labute approximate surface area is 110 Å². The number of carbonyl (C=O) groups is 1. The number of amides is 1. The van der Waals surface area contributed by atoms with Crippen LogP contribution in [0.3, 0.4) is 0 Å². The van der Waals surface area contributed by atoms with Crippen LogP contribution >= 0.6 is 0 Å². The third-order valence-corrected chi connectivity index (χ3v) is 2.95. The van der Waals surface area contributed by atoms with E-state index < -0.39 is 6.10 Å². The molecule has 0 spiro atoms. The number of hydrogen-bond donors (Lipinski definition) is 3. The second-order valence-electron chi connectivity index (χ2n) is 4.57. The van der Waals surface area contributed by atoms with Gasteiger partial charge < -0.3 is 15.4 Å². The molecule has 1 aromatic heterocycles. The molecule has 0 aliphatic heterocycles. The third kappa shape index (κ3) is 3.32. The van der Waals surface area contributed by atoms with Gasteiger partial charge in [-0.3, -0.25) is 4.79 Å². The van der Waals surface area contributed by atoms with Crippen LogP contribution in [0.4, 0.5) is 4.39 Å². The summed E-state index contributed by atoms with van der Waals surface area (Å²) in [4.78, 5) is 14.8. The number of H-pyrrole nitrogens is 1. The van der Waals surface area contributed by atoms with Crippen molar-refractivity contribution in [3.8, 4) is 0 Å². The SMILES string of the molecule is CCCC(O)CNC(=O)c1cc2cc(F)ccc2[nH]1. The summed E-state index contributed by atoms with van der Waals surface area (Å²) in [7, 11) is 0. The molecule has 102 valence electrons. The molecule has 1 aromatic carbocycles. The molecule has 0 saturated carbocycles. The number of aromatic amines is 1. The fourth-order valence-corrected chi connectivity index (χ4v) is 1.97. The van der Waals surface area contributed by atoms with E-state index in [1.807, 2.05) is 6.92 Å². The molecule has 2 rings (SSSR count). The van der Waals surface area contributed by atoms with E-state index in [1.165, 1.54) is 12.1 Å². The minimum absolute atomic E-state index is 0.219. The summed E-state index contributed by atoms with van der Waals surface area (Å²) < 4.78 is 13.0. The molecule has 2 aromatic rings. The van der Waals surface area contributed by atoms with Crippen LogP contribution in [0.1, 0.15) is 30.3 Å². The summed E-state index contributed by atoms with van der Waals surface area (Å²) in [5.74, 6) is -0.636. The van der Waals surface area contributed by atoms with Crippen molar-refractivity contribution >= 4 is 16.8 Å². The van der Waals surface area contributed by atoms with Crippen LogP contribution in [0, 0.1) is 5.82 Å². The van der Waals surface area contributed by atoms with Crippen LogP contribution in [0.2, 0.25) is 0 Å². The number of carbonyl (C=O) groups excluding carboxylic acids is 1. The fraction of sp³-hybridized carbons (Fsp3) is 0.357. The highest BCUT2D eigenvalue weighted by Crippen LogP contribution is 2.16. The van der Waals surface area contributed by atoms with Gasteiger partial charge in [0, 0.05) is 17.4 Å². The summed E-state index contributed by atoms with van der Waals surface area (Å²) in [5.41, 5.74) is 1.07. The first kappa shape index (κ1) is 13.5. The van der Waals surface area contributed by atoms with Gasteiger partial charge in [-0.1, -0.05) is 13.3 Å². The van der Waals surface area contributed by atoms with Crippen LogP contribution in [0.25, 0.3) is 10.9 Å². The highest BCUT2D eigenvalue weighted by Gasteiger charge is 2.11. The van der Waals surface area contributed by atoms with Crippen LogP contribution < -0.4 is 5.32 Å². The van der Waals surface area contributed by atoms with Crippen LogP contribution in [0.5, 0.6) is 0 Å². The van der Waals surface area contributed by atoms with E-state index in [0.29, 0.717) is 23.0 Å². The number of hydrogen-bond acceptors (Lipinski definition) is 2. The summed E-state index contributed by atoms with van der Waals surface area (Å²) >= 11 is 0. The zero-order valence-corrected chi connectivity index (χ0v) is 10.7. The van der Waals surface area contributed by atoms with Crippen LogP contribution in [-0.2, 0) is 0 Å². The van der Waals surface area contributed by atoms with E-state index in [4.69, 9.17) is 0 Å². The van der Waals surface area contributed by atoms with Gasteiger partial charge in [-0.05, 0) is 30.7 Å². The minimum Gasteiger partial charge on any atom is -0.391 e. The van der Waals surface area contributed by atoms with Gasteiger partial charge in [0.15, 0.2) is 0 Å². The molecule has 0 radical (unpaired) electrons. The molecule has 0 aliphatic carbocycles. The molecule has 0 bridgehead atoms. The topological polar surface area (TPSA) is 65.1 Å². The number of halogens is 1. The number of nitrogens with one attached hydrogen (secondary N) is 2. The van der Waals surface area contributed by atoms with Crippen molar-refractivity contribution in [1.29, 1.82) is 0 Å². The lowest BCUT2D eigenvalue weighted by atomic mass is 10.2. The minimum atomic E-state index is -0.532. The van der Waals surface area contributed by atoms with E-state index in [2.05, 4.69) is 10.3 Å². The maximum atomic E-state index is 13.0. The standard InChI is InChI=1S/C14H17FN2O2/c1-2-3-11(18)8-16-14(19)13-7-9-6-10(15)4-5-12(9)17-13/h4-7,11,17-18H,2-3,8H2,1H3,(H,16,19).